The molecule has 0 fully saturated rings. The summed E-state index contributed by atoms with van der Waals surface area (Å²) in [6.07, 6.45) is 1.33. The molecule has 2 amide bonds. The molecule has 1 heterocycles. The summed E-state index contributed by atoms with van der Waals surface area (Å²) in [5.41, 5.74) is 2.73. The molecule has 0 saturated carbocycles. The average Bonchev–Trinajstić information content (AvgIpc) is 2.94. The number of carbonyl (C=O) groups excluding carboxylic acids is 2. The number of rotatable bonds is 5. The highest BCUT2D eigenvalue weighted by molar-refractivity contribution is 5.95. The first-order valence-electron chi connectivity index (χ1n) is 6.40. The highest BCUT2D eigenvalue weighted by atomic mass is 16.2. The Balaban J connectivity index is 1.83. The zero-order valence-corrected chi connectivity index (χ0v) is 11.8. The van der Waals surface area contributed by atoms with Crippen molar-refractivity contribution in [1.29, 1.82) is 0 Å². The van der Waals surface area contributed by atoms with E-state index in [1.165, 1.54) is 11.0 Å². The Kier molecular flexibility index (Phi) is 4.60. The minimum atomic E-state index is -0.334. The average molecular weight is 288 g/mol. The Labute approximate surface area is 121 Å². The zero-order chi connectivity index (χ0) is 15.2. The van der Waals surface area contributed by atoms with E-state index in [-0.39, 0.29) is 24.9 Å². The number of hydrogen-bond acceptors (Lipinski definition) is 5. The van der Waals surface area contributed by atoms with Crippen LogP contribution in [-0.4, -0.2) is 38.6 Å². The maximum Gasteiger partial charge on any atom is 0.243 e. The van der Waals surface area contributed by atoms with Crippen LogP contribution in [-0.2, 0) is 16.1 Å². The molecular weight excluding hydrogens is 272 g/mol. The molecule has 0 aliphatic rings. The highest BCUT2D eigenvalue weighted by Crippen LogP contribution is 2.18. The maximum atomic E-state index is 11.9. The van der Waals surface area contributed by atoms with Gasteiger partial charge in [0, 0.05) is 5.69 Å². The SMILES string of the molecule is Cc1cccc(C)c1NC(=O)CNC(=O)Cn1cnnn1. The largest absolute Gasteiger partial charge is 0.345 e. The van der Waals surface area contributed by atoms with Crippen molar-refractivity contribution in [3.63, 3.8) is 0 Å². The summed E-state index contributed by atoms with van der Waals surface area (Å²) in [6.45, 7) is 3.70. The molecule has 0 spiro atoms. The molecule has 8 nitrogen and oxygen atoms in total. The summed E-state index contributed by atoms with van der Waals surface area (Å²) in [5, 5.41) is 15.7. The van der Waals surface area contributed by atoms with Crippen LogP contribution in [0.1, 0.15) is 11.1 Å². The fourth-order valence-corrected chi connectivity index (χ4v) is 1.83. The second kappa shape index (κ2) is 6.60. The van der Waals surface area contributed by atoms with Gasteiger partial charge in [-0.05, 0) is 35.4 Å². The molecule has 0 unspecified atom stereocenters. The molecule has 2 N–H and O–H groups in total. The molecule has 0 atom stereocenters. The Morgan fingerprint density at radius 1 is 1.19 bits per heavy atom. The van der Waals surface area contributed by atoms with Gasteiger partial charge in [-0.1, -0.05) is 18.2 Å². The second-order valence-electron chi connectivity index (χ2n) is 4.60. The number of anilines is 1. The first-order chi connectivity index (χ1) is 10.1. The predicted molar refractivity (Wildman–Crippen MR) is 75.4 cm³/mol. The molecule has 0 radical (unpaired) electrons. The van der Waals surface area contributed by atoms with E-state index < -0.39 is 0 Å². The monoisotopic (exact) mass is 288 g/mol. The minimum Gasteiger partial charge on any atom is -0.345 e. The summed E-state index contributed by atoms with van der Waals surface area (Å²) in [4.78, 5) is 23.4. The second-order valence-corrected chi connectivity index (χ2v) is 4.60. The topological polar surface area (TPSA) is 102 Å². The van der Waals surface area contributed by atoms with Gasteiger partial charge in [0.15, 0.2) is 0 Å². The third-order valence-corrected chi connectivity index (χ3v) is 2.89. The molecule has 1 aromatic heterocycles. The van der Waals surface area contributed by atoms with Crippen molar-refractivity contribution in [2.24, 2.45) is 0 Å². The van der Waals surface area contributed by atoms with Gasteiger partial charge in [-0.15, -0.1) is 5.10 Å². The number of nitrogens with one attached hydrogen (secondary N) is 2. The van der Waals surface area contributed by atoms with E-state index >= 15 is 0 Å². The van der Waals surface area contributed by atoms with Crippen molar-refractivity contribution in [3.8, 4) is 0 Å². The van der Waals surface area contributed by atoms with Crippen LogP contribution < -0.4 is 10.6 Å². The molecule has 2 aromatic rings. The lowest BCUT2D eigenvalue weighted by Crippen LogP contribution is -2.35. The number of nitrogens with zero attached hydrogens (tertiary/aromatic N) is 4. The molecule has 0 bridgehead atoms. The maximum absolute atomic E-state index is 11.9. The van der Waals surface area contributed by atoms with E-state index in [1.54, 1.807) is 0 Å². The Morgan fingerprint density at radius 3 is 2.52 bits per heavy atom. The lowest BCUT2D eigenvalue weighted by molar-refractivity contribution is -0.124. The first-order valence-corrected chi connectivity index (χ1v) is 6.40. The number of tetrazole rings is 1. The van der Waals surface area contributed by atoms with Gasteiger partial charge in [0.05, 0.1) is 6.54 Å². The third-order valence-electron chi connectivity index (χ3n) is 2.89. The Hall–Kier alpha value is -2.77. The summed E-state index contributed by atoms with van der Waals surface area (Å²) in [5.74, 6) is -0.614. The first kappa shape index (κ1) is 14.6. The fraction of sp³-hybridized carbons (Fsp3) is 0.308. The molecule has 1 aromatic carbocycles. The quantitative estimate of drug-likeness (QED) is 0.809. The molecule has 0 saturated heterocycles. The Morgan fingerprint density at radius 2 is 1.90 bits per heavy atom. The van der Waals surface area contributed by atoms with E-state index in [2.05, 4.69) is 26.2 Å². The third kappa shape index (κ3) is 4.10. The van der Waals surface area contributed by atoms with E-state index in [9.17, 15) is 9.59 Å². The van der Waals surface area contributed by atoms with Gasteiger partial charge in [-0.3, -0.25) is 9.59 Å². The minimum absolute atomic E-state index is 0.0241. The fourth-order valence-electron chi connectivity index (χ4n) is 1.83. The highest BCUT2D eigenvalue weighted by Gasteiger charge is 2.09. The molecule has 0 aliphatic carbocycles. The summed E-state index contributed by atoms with van der Waals surface area (Å²) >= 11 is 0. The molecule has 2 rings (SSSR count). The van der Waals surface area contributed by atoms with Gasteiger partial charge in [0.2, 0.25) is 11.8 Å². The molecular formula is C13H16N6O2. The normalized spacial score (nSPS) is 10.2. The molecule has 0 aliphatic heterocycles. The van der Waals surface area contributed by atoms with Gasteiger partial charge in [0.1, 0.15) is 12.9 Å². The van der Waals surface area contributed by atoms with Crippen LogP contribution >= 0.6 is 0 Å². The van der Waals surface area contributed by atoms with Crippen molar-refractivity contribution >= 4 is 17.5 Å². The van der Waals surface area contributed by atoms with Crippen molar-refractivity contribution in [2.45, 2.75) is 20.4 Å². The van der Waals surface area contributed by atoms with Crippen molar-refractivity contribution in [2.75, 3.05) is 11.9 Å². The van der Waals surface area contributed by atoms with Crippen molar-refractivity contribution in [3.05, 3.63) is 35.7 Å². The van der Waals surface area contributed by atoms with Crippen LogP contribution in [0, 0.1) is 13.8 Å². The smallest absolute Gasteiger partial charge is 0.243 e. The van der Waals surface area contributed by atoms with Crippen LogP contribution in [0.25, 0.3) is 0 Å². The number of aromatic nitrogens is 4. The van der Waals surface area contributed by atoms with Crippen molar-refractivity contribution < 1.29 is 9.59 Å². The van der Waals surface area contributed by atoms with Crippen LogP contribution in [0.5, 0.6) is 0 Å². The standard InChI is InChI=1S/C13H16N6O2/c1-9-4-3-5-10(2)13(9)16-11(20)6-14-12(21)7-19-8-15-17-18-19/h3-5,8H,6-7H2,1-2H3,(H,14,21)(H,16,20). The van der Waals surface area contributed by atoms with Gasteiger partial charge in [-0.2, -0.15) is 0 Å². The van der Waals surface area contributed by atoms with E-state index in [4.69, 9.17) is 0 Å². The zero-order valence-electron chi connectivity index (χ0n) is 11.8. The number of carbonyl (C=O) groups is 2. The summed E-state index contributed by atoms with van der Waals surface area (Å²) < 4.78 is 1.28. The number of aryl methyl sites for hydroxylation is 2. The lowest BCUT2D eigenvalue weighted by atomic mass is 10.1. The van der Waals surface area contributed by atoms with Gasteiger partial charge < -0.3 is 10.6 Å². The Bertz CT molecular complexity index is 618. The summed E-state index contributed by atoms with van der Waals surface area (Å²) in [7, 11) is 0. The van der Waals surface area contributed by atoms with Gasteiger partial charge in [0.25, 0.3) is 0 Å². The number of benzene rings is 1. The van der Waals surface area contributed by atoms with Crippen LogP contribution in [0.15, 0.2) is 24.5 Å². The molecule has 8 heteroatoms. The van der Waals surface area contributed by atoms with Gasteiger partial charge in [-0.25, -0.2) is 4.68 Å². The van der Waals surface area contributed by atoms with E-state index in [0.717, 1.165) is 16.8 Å². The predicted octanol–water partition coefficient (Wildman–Crippen LogP) is 0.0448. The lowest BCUT2D eigenvalue weighted by Gasteiger charge is -2.11. The number of para-hydroxylation sites is 1. The van der Waals surface area contributed by atoms with E-state index in [0.29, 0.717) is 0 Å². The van der Waals surface area contributed by atoms with E-state index in [1.807, 2.05) is 32.0 Å². The van der Waals surface area contributed by atoms with Crippen LogP contribution in [0.4, 0.5) is 5.69 Å². The van der Waals surface area contributed by atoms with Crippen LogP contribution in [0.3, 0.4) is 0 Å². The van der Waals surface area contributed by atoms with Crippen LogP contribution in [0.2, 0.25) is 0 Å². The summed E-state index contributed by atoms with van der Waals surface area (Å²) in [6, 6.07) is 5.76. The van der Waals surface area contributed by atoms with Crippen molar-refractivity contribution in [1.82, 2.24) is 25.5 Å². The molecule has 110 valence electrons. The number of hydrogen-bond donors (Lipinski definition) is 2. The number of amides is 2. The van der Waals surface area contributed by atoms with Gasteiger partial charge >= 0.3 is 0 Å². The molecule has 21 heavy (non-hydrogen) atoms.